The van der Waals surface area contributed by atoms with Crippen LogP contribution >= 0.6 is 34.7 Å². The van der Waals surface area contributed by atoms with Gasteiger partial charge in [0.2, 0.25) is 5.91 Å². The largest absolute Gasteiger partial charge is 0.379 e. The van der Waals surface area contributed by atoms with Gasteiger partial charge in [-0.05, 0) is 55.9 Å². The summed E-state index contributed by atoms with van der Waals surface area (Å²) in [4.78, 5) is 23.6. The summed E-state index contributed by atoms with van der Waals surface area (Å²) < 4.78 is 6.49. The van der Waals surface area contributed by atoms with Gasteiger partial charge in [0, 0.05) is 42.5 Å². The first kappa shape index (κ1) is 24.5. The van der Waals surface area contributed by atoms with E-state index >= 15 is 0 Å². The Balaban J connectivity index is 1.42. The third-order valence-corrected chi connectivity index (χ3v) is 8.08. The van der Waals surface area contributed by atoms with E-state index in [2.05, 4.69) is 36.1 Å². The van der Waals surface area contributed by atoms with Crippen molar-refractivity contribution < 1.29 is 9.53 Å². The molecule has 1 aliphatic heterocycles. The van der Waals surface area contributed by atoms with Crippen LogP contribution in [0.15, 0.2) is 41.3 Å². The van der Waals surface area contributed by atoms with Crippen LogP contribution in [-0.2, 0) is 9.53 Å². The molecule has 0 saturated carbocycles. The van der Waals surface area contributed by atoms with Gasteiger partial charge in [-0.25, -0.2) is 4.98 Å². The summed E-state index contributed by atoms with van der Waals surface area (Å²) in [6, 6.07) is 12.4. The molecular weight excluding hydrogens is 474 g/mol. The minimum atomic E-state index is 0.135. The maximum Gasteiger partial charge on any atom is 0.228 e. The van der Waals surface area contributed by atoms with Crippen LogP contribution in [0.2, 0.25) is 5.02 Å². The normalized spacial score (nSPS) is 14.6. The van der Waals surface area contributed by atoms with Crippen molar-refractivity contribution in [1.82, 2.24) is 9.88 Å². The molecule has 0 atom stereocenters. The highest BCUT2D eigenvalue weighted by Gasteiger charge is 2.22. The van der Waals surface area contributed by atoms with Crippen LogP contribution in [-0.4, -0.2) is 60.9 Å². The molecule has 0 spiro atoms. The molecule has 1 aliphatic rings. The zero-order valence-corrected chi connectivity index (χ0v) is 21.6. The highest BCUT2D eigenvalue weighted by Crippen LogP contribution is 2.33. The van der Waals surface area contributed by atoms with Crippen molar-refractivity contribution >= 4 is 56.0 Å². The zero-order valence-electron chi connectivity index (χ0n) is 19.2. The van der Waals surface area contributed by atoms with Crippen LogP contribution in [0.25, 0.3) is 10.2 Å². The number of fused-ring (bicyclic) bond motifs is 1. The molecule has 8 heteroatoms. The lowest BCUT2D eigenvalue weighted by Gasteiger charge is -2.29. The third-order valence-electron chi connectivity index (χ3n) is 5.74. The second kappa shape index (κ2) is 11.7. The lowest BCUT2D eigenvalue weighted by molar-refractivity contribution is -0.118. The number of morpholine rings is 1. The predicted molar refractivity (Wildman–Crippen MR) is 140 cm³/mol. The fourth-order valence-electron chi connectivity index (χ4n) is 3.83. The first-order valence-electron chi connectivity index (χ1n) is 11.4. The molecule has 0 bridgehead atoms. The SMILES string of the molecule is Cc1ccc(SCCCC(=O)N(CCN2CCOCC2)c2nc3c(C)cc(Cl)cc3s2)cc1. The van der Waals surface area contributed by atoms with Gasteiger partial charge in [0.1, 0.15) is 0 Å². The molecule has 33 heavy (non-hydrogen) atoms. The Morgan fingerprint density at radius 3 is 2.73 bits per heavy atom. The van der Waals surface area contributed by atoms with E-state index in [1.807, 2.05) is 24.0 Å². The van der Waals surface area contributed by atoms with Crippen LogP contribution in [0.3, 0.4) is 0 Å². The molecule has 176 valence electrons. The molecule has 1 fully saturated rings. The number of carbonyl (C=O) groups is 1. The van der Waals surface area contributed by atoms with E-state index in [9.17, 15) is 4.79 Å². The standard InChI is InChI=1S/C25H30ClN3O2S2/c1-18-5-7-21(8-6-18)32-15-3-4-23(30)29(10-9-28-11-13-31-14-12-28)25-27-24-19(2)16-20(26)17-22(24)33-25/h5-8,16-17H,3-4,9-15H2,1-2H3. The molecule has 3 aromatic rings. The van der Waals surface area contributed by atoms with E-state index in [0.717, 1.165) is 65.9 Å². The molecule has 1 aromatic heterocycles. The van der Waals surface area contributed by atoms with Crippen molar-refractivity contribution in [1.29, 1.82) is 0 Å². The number of halogens is 1. The number of amides is 1. The second-order valence-electron chi connectivity index (χ2n) is 8.33. The Morgan fingerprint density at radius 1 is 1.21 bits per heavy atom. The third kappa shape index (κ3) is 6.70. The van der Waals surface area contributed by atoms with Gasteiger partial charge in [0.25, 0.3) is 0 Å². The van der Waals surface area contributed by atoms with Crippen molar-refractivity contribution in [2.75, 3.05) is 50.0 Å². The number of anilines is 1. The van der Waals surface area contributed by atoms with Gasteiger partial charge in [0.05, 0.1) is 23.4 Å². The summed E-state index contributed by atoms with van der Waals surface area (Å²) in [5.41, 5.74) is 3.23. The Labute approximate surface area is 209 Å². The summed E-state index contributed by atoms with van der Waals surface area (Å²) >= 11 is 9.61. The topological polar surface area (TPSA) is 45.7 Å². The number of aromatic nitrogens is 1. The van der Waals surface area contributed by atoms with Gasteiger partial charge in [-0.3, -0.25) is 14.6 Å². The Morgan fingerprint density at radius 2 is 1.97 bits per heavy atom. The average molecular weight is 504 g/mol. The fraction of sp³-hybridized carbons (Fsp3) is 0.440. The number of thiazole rings is 1. The van der Waals surface area contributed by atoms with Gasteiger partial charge in [0.15, 0.2) is 5.13 Å². The Hall–Kier alpha value is -1.64. The van der Waals surface area contributed by atoms with Crippen LogP contribution in [0.4, 0.5) is 5.13 Å². The maximum atomic E-state index is 13.3. The van der Waals surface area contributed by atoms with E-state index in [4.69, 9.17) is 21.3 Å². The molecule has 5 nitrogen and oxygen atoms in total. The number of nitrogens with zero attached hydrogens (tertiary/aromatic N) is 3. The Bertz CT molecular complexity index is 1080. The first-order chi connectivity index (χ1) is 16.0. The van der Waals surface area contributed by atoms with Crippen LogP contribution < -0.4 is 4.90 Å². The quantitative estimate of drug-likeness (QED) is 0.272. The minimum absolute atomic E-state index is 0.135. The number of benzene rings is 2. The number of carbonyl (C=O) groups excluding carboxylic acids is 1. The zero-order chi connectivity index (χ0) is 23.2. The fourth-order valence-corrected chi connectivity index (χ4v) is 6.15. The smallest absolute Gasteiger partial charge is 0.228 e. The number of hydrogen-bond donors (Lipinski definition) is 0. The monoisotopic (exact) mass is 503 g/mol. The van der Waals surface area contributed by atoms with Gasteiger partial charge in [-0.15, -0.1) is 11.8 Å². The van der Waals surface area contributed by atoms with E-state index in [1.165, 1.54) is 10.5 Å². The summed E-state index contributed by atoms with van der Waals surface area (Å²) in [6.45, 7) is 8.88. The minimum Gasteiger partial charge on any atom is -0.379 e. The highest BCUT2D eigenvalue weighted by atomic mass is 35.5. The molecule has 2 aromatic carbocycles. The molecule has 1 amide bonds. The number of aryl methyl sites for hydroxylation is 2. The van der Waals surface area contributed by atoms with Gasteiger partial charge in [-0.1, -0.05) is 40.6 Å². The summed E-state index contributed by atoms with van der Waals surface area (Å²) in [5.74, 6) is 1.05. The molecule has 2 heterocycles. The second-order valence-corrected chi connectivity index (χ2v) is 10.9. The molecule has 4 rings (SSSR count). The van der Waals surface area contributed by atoms with Crippen LogP contribution in [0.1, 0.15) is 24.0 Å². The highest BCUT2D eigenvalue weighted by molar-refractivity contribution is 7.99. The van der Waals surface area contributed by atoms with Gasteiger partial charge < -0.3 is 4.74 Å². The summed E-state index contributed by atoms with van der Waals surface area (Å²) in [6.07, 6.45) is 1.35. The Kier molecular flexibility index (Phi) is 8.66. The van der Waals surface area contributed by atoms with E-state index in [1.54, 1.807) is 23.1 Å². The molecule has 0 radical (unpaired) electrons. The van der Waals surface area contributed by atoms with Gasteiger partial charge in [-0.2, -0.15) is 0 Å². The van der Waals surface area contributed by atoms with Crippen molar-refractivity contribution in [2.24, 2.45) is 0 Å². The van der Waals surface area contributed by atoms with E-state index < -0.39 is 0 Å². The van der Waals surface area contributed by atoms with Crippen molar-refractivity contribution in [3.8, 4) is 0 Å². The average Bonchev–Trinajstić information content (AvgIpc) is 3.23. The van der Waals surface area contributed by atoms with Crippen molar-refractivity contribution in [3.05, 3.63) is 52.5 Å². The number of rotatable bonds is 9. The summed E-state index contributed by atoms with van der Waals surface area (Å²) in [7, 11) is 0. The molecule has 0 N–H and O–H groups in total. The lowest BCUT2D eigenvalue weighted by Crippen LogP contribution is -2.43. The molecule has 0 aliphatic carbocycles. The first-order valence-corrected chi connectivity index (χ1v) is 13.5. The molecular formula is C25H30ClN3O2S2. The number of thioether (sulfide) groups is 1. The van der Waals surface area contributed by atoms with Crippen LogP contribution in [0.5, 0.6) is 0 Å². The van der Waals surface area contributed by atoms with Gasteiger partial charge >= 0.3 is 0 Å². The predicted octanol–water partition coefficient (Wildman–Crippen LogP) is 5.80. The number of hydrogen-bond acceptors (Lipinski definition) is 6. The van der Waals surface area contributed by atoms with E-state index in [0.29, 0.717) is 18.0 Å². The van der Waals surface area contributed by atoms with Crippen LogP contribution in [0, 0.1) is 13.8 Å². The van der Waals surface area contributed by atoms with Crippen molar-refractivity contribution in [2.45, 2.75) is 31.6 Å². The maximum absolute atomic E-state index is 13.3. The summed E-state index contributed by atoms with van der Waals surface area (Å²) in [5, 5.41) is 1.47. The lowest BCUT2D eigenvalue weighted by atomic mass is 10.2. The van der Waals surface area contributed by atoms with Crippen molar-refractivity contribution in [3.63, 3.8) is 0 Å². The molecule has 1 saturated heterocycles. The molecule has 0 unspecified atom stereocenters. The number of ether oxygens (including phenoxy) is 1. The van der Waals surface area contributed by atoms with E-state index in [-0.39, 0.29) is 5.91 Å².